The highest BCUT2D eigenvalue weighted by molar-refractivity contribution is 6.00. The molecule has 0 saturated carbocycles. The van der Waals surface area contributed by atoms with E-state index in [2.05, 4.69) is 57.5 Å². The number of hydrogen-bond donors (Lipinski definition) is 13. The fraction of sp³-hybridized carbons (Fsp3) is 0.551. The lowest BCUT2D eigenvalue weighted by atomic mass is 9.81. The van der Waals surface area contributed by atoms with Gasteiger partial charge in [0.05, 0.1) is 12.1 Å². The average Bonchev–Trinajstić information content (AvgIpc) is 4.07. The smallest absolute Gasteiger partial charge is 0.326 e. The number of guanidine groups is 1. The Morgan fingerprint density at radius 2 is 1.47 bits per heavy atom. The van der Waals surface area contributed by atoms with Crippen LogP contribution >= 0.6 is 0 Å². The fourth-order valence-corrected chi connectivity index (χ4v) is 9.67. The second-order valence-corrected chi connectivity index (χ2v) is 20.5. The molecule has 6 heterocycles. The number of aliphatic carboxylic acids is 1. The normalized spacial score (nSPS) is 25.2. The van der Waals surface area contributed by atoms with Crippen LogP contribution in [0.2, 0.25) is 0 Å². The van der Waals surface area contributed by atoms with Gasteiger partial charge in [0.1, 0.15) is 60.5 Å². The van der Waals surface area contributed by atoms with Crippen LogP contribution in [-0.4, -0.2) is 140 Å². The minimum Gasteiger partial charge on any atom is -0.480 e. The van der Waals surface area contributed by atoms with Crippen LogP contribution in [0.4, 0.5) is 0 Å². The minimum absolute atomic E-state index is 0.00140. The number of aromatic amines is 1. The number of aromatic nitrogens is 3. The Morgan fingerprint density at radius 1 is 0.787 bits per heavy atom. The molecule has 0 aliphatic carbocycles. The molecule has 4 aliphatic heterocycles. The van der Waals surface area contributed by atoms with Crippen LogP contribution in [0.1, 0.15) is 103 Å². The predicted octanol–water partition coefficient (Wildman–Crippen LogP) is -2.41. The van der Waals surface area contributed by atoms with Crippen molar-refractivity contribution in [2.45, 2.75) is 147 Å². The molecule has 0 spiro atoms. The number of nitrogens with one attached hydrogen (secondary N) is 9. The number of rotatable bonds is 13. The van der Waals surface area contributed by atoms with Gasteiger partial charge in [0, 0.05) is 54.4 Å². The highest BCUT2D eigenvalue weighted by Gasteiger charge is 2.41. The van der Waals surface area contributed by atoms with Crippen LogP contribution in [0, 0.1) is 17.8 Å². The van der Waals surface area contributed by atoms with Crippen LogP contribution in [0.3, 0.4) is 0 Å². The molecule has 0 unspecified atom stereocenters. The lowest BCUT2D eigenvalue weighted by Gasteiger charge is -2.33. The third kappa shape index (κ3) is 14.2. The Kier molecular flexibility index (Phi) is 18.2. The van der Waals surface area contributed by atoms with E-state index in [1.165, 1.54) is 17.1 Å². The Balaban J connectivity index is 1.59. The summed E-state index contributed by atoms with van der Waals surface area (Å²) in [6, 6.07) is -5.85. The second kappa shape index (κ2) is 24.3. The van der Waals surface area contributed by atoms with Crippen molar-refractivity contribution in [2.75, 3.05) is 6.54 Å². The molecule has 26 nitrogen and oxygen atoms in total. The summed E-state index contributed by atoms with van der Waals surface area (Å²) in [6.07, 6.45) is 1.81. The lowest BCUT2D eigenvalue weighted by Crippen LogP contribution is -2.62. The minimum atomic E-state index is -1.71. The molecule has 9 atom stereocenters. The molecule has 1 saturated heterocycles. The van der Waals surface area contributed by atoms with Gasteiger partial charge >= 0.3 is 5.97 Å². The Labute approximate surface area is 432 Å². The van der Waals surface area contributed by atoms with Crippen molar-refractivity contribution in [3.63, 3.8) is 0 Å². The number of primary amides is 1. The van der Waals surface area contributed by atoms with Gasteiger partial charge in [-0.3, -0.25) is 52.7 Å². The first-order valence-corrected chi connectivity index (χ1v) is 25.1. The first kappa shape index (κ1) is 56.2. The summed E-state index contributed by atoms with van der Waals surface area (Å²) in [5.74, 6) is -10.4. The highest BCUT2D eigenvalue weighted by atomic mass is 16.4. The van der Waals surface area contributed by atoms with E-state index in [1.807, 2.05) is 27.7 Å². The molecule has 1 fully saturated rings. The number of carbonyl (C=O) groups excluding carboxylic acids is 9. The zero-order valence-corrected chi connectivity index (χ0v) is 42.8. The number of nitrogens with zero attached hydrogens (tertiary/aromatic N) is 3. The molecule has 75 heavy (non-hydrogen) atoms. The van der Waals surface area contributed by atoms with Gasteiger partial charge in [-0.15, -0.1) is 0 Å². The largest absolute Gasteiger partial charge is 0.480 e. The van der Waals surface area contributed by atoms with Crippen LogP contribution < -0.4 is 59.7 Å². The van der Waals surface area contributed by atoms with E-state index in [1.54, 1.807) is 32.0 Å². The predicted molar refractivity (Wildman–Crippen MR) is 271 cm³/mol. The fourth-order valence-electron chi connectivity index (χ4n) is 9.67. The summed E-state index contributed by atoms with van der Waals surface area (Å²) in [5, 5.41) is 32.3. The first-order valence-electron chi connectivity index (χ1n) is 25.1. The van der Waals surface area contributed by atoms with Crippen molar-refractivity contribution in [2.24, 2.45) is 39.9 Å². The number of carboxylic acid groups (broad SMARTS) is 1. The molecular formula is C49H69N15O11. The van der Waals surface area contributed by atoms with E-state index in [0.29, 0.717) is 27.8 Å². The lowest BCUT2D eigenvalue weighted by molar-refractivity contribution is -0.142. The van der Waals surface area contributed by atoms with Gasteiger partial charge in [0.2, 0.25) is 53.2 Å². The number of hydrogen-bond acceptors (Lipinski definition) is 12. The van der Waals surface area contributed by atoms with Gasteiger partial charge in [-0.25, -0.2) is 9.78 Å². The van der Waals surface area contributed by atoms with E-state index < -0.39 is 120 Å². The molecule has 3 aromatic rings. The first-order chi connectivity index (χ1) is 35.4. The Morgan fingerprint density at radius 3 is 2.09 bits per heavy atom. The molecule has 1 aromatic carbocycles. The quantitative estimate of drug-likeness (QED) is 0.0367. The molecule has 0 radical (unpaired) electrons. The molecule has 16 N–H and O–H groups in total. The van der Waals surface area contributed by atoms with Crippen molar-refractivity contribution in [1.29, 1.82) is 0 Å². The van der Waals surface area contributed by atoms with Crippen LogP contribution in [-0.2, 0) is 60.8 Å². The van der Waals surface area contributed by atoms with Gasteiger partial charge < -0.3 is 69.8 Å². The van der Waals surface area contributed by atoms with E-state index in [0.717, 1.165) is 0 Å². The number of benzene rings is 1. The summed E-state index contributed by atoms with van der Waals surface area (Å²) in [5.41, 5.74) is 18.2. The highest BCUT2D eigenvalue weighted by Crippen LogP contribution is 2.35. The van der Waals surface area contributed by atoms with Crippen molar-refractivity contribution < 1.29 is 53.1 Å². The number of carboxylic acids is 1. The van der Waals surface area contributed by atoms with Gasteiger partial charge in [-0.1, -0.05) is 53.7 Å². The number of carbonyl (C=O) groups is 10. The van der Waals surface area contributed by atoms with Gasteiger partial charge in [-0.2, -0.15) is 0 Å². The van der Waals surface area contributed by atoms with E-state index in [4.69, 9.17) is 17.2 Å². The maximum Gasteiger partial charge on any atom is 0.326 e. The SMILES string of the molecule is CC(C)C[C@@H]1NC(=O)[C@@H](NC(=O)[C@@H]2CCC(=O)N2)[C@H](C(C)C)c2ccc3c4c([nH]c3c2)-n2cnc(c2)C[C@@H](C(=O)O)NC(=O)[C@H](CC(N)=O)NC(=O)[C@H](CCCN=C(N)N)NC(=O)[C@H](C4)NC(=O)[C@H](C(C)C)NC1=O. The number of fused-ring (bicyclic) bond motifs is 13. The monoisotopic (exact) mass is 1040 g/mol. The maximum absolute atomic E-state index is 15.0. The van der Waals surface area contributed by atoms with Crippen LogP contribution in [0.5, 0.6) is 0 Å². The molecule has 4 aliphatic rings. The summed E-state index contributed by atoms with van der Waals surface area (Å²) in [4.78, 5) is 150. The Bertz CT molecular complexity index is 2730. The molecule has 9 amide bonds. The van der Waals surface area contributed by atoms with Crippen molar-refractivity contribution in [1.82, 2.24) is 57.1 Å². The number of imidazole rings is 1. The average molecular weight is 1040 g/mol. The van der Waals surface area contributed by atoms with Gasteiger partial charge in [0.15, 0.2) is 5.96 Å². The summed E-state index contributed by atoms with van der Waals surface area (Å²) in [6.45, 7) is 10.8. The van der Waals surface area contributed by atoms with E-state index >= 15 is 4.79 Å². The molecule has 2 aromatic heterocycles. The summed E-state index contributed by atoms with van der Waals surface area (Å²) >= 11 is 0. The molecular weight excluding hydrogens is 975 g/mol. The topological polar surface area (TPSA) is 411 Å². The van der Waals surface area contributed by atoms with E-state index in [-0.39, 0.29) is 80.9 Å². The van der Waals surface area contributed by atoms with Crippen molar-refractivity contribution in [3.05, 3.63) is 47.5 Å². The standard InChI is InChI=1S/C49H69N15O11/c1-21(2)14-31-45(71)62-38(23(5)6)46(72)60-32-17-27-26-10-9-24(37(22(3)4)39(47(73)59-31)63-42(68)29-11-12-36(66)55-29)15-30(26)56-40(27)64-19-25(54-20-64)16-34(48(74)75)61-44(70)33(18-35(50)65)58-41(67)28(57-43(32)69)8-7-13-53-49(51)52/h9-10,15,19-23,28-29,31-34,37-39,56H,7-8,11-14,16-18H2,1-6H3,(H2,50,65)(H,55,66)(H,57,69)(H,58,67)(H,59,73)(H,60,72)(H,61,70)(H,62,71)(H,63,68)(H,74,75)(H4,51,52,53)/t28-,29-,31-,32-,33-,34-,37+,38-,39-/m0/s1. The maximum atomic E-state index is 15.0. The molecule has 7 rings (SSSR count). The van der Waals surface area contributed by atoms with Crippen molar-refractivity contribution >= 4 is 76.0 Å². The third-order valence-electron chi connectivity index (χ3n) is 13.4. The Hall–Kier alpha value is -8.06. The molecule has 7 bridgehead atoms. The van der Waals surface area contributed by atoms with E-state index in [9.17, 15) is 48.3 Å². The van der Waals surface area contributed by atoms with Crippen LogP contribution in [0.25, 0.3) is 16.7 Å². The van der Waals surface area contributed by atoms with Crippen molar-refractivity contribution in [3.8, 4) is 5.82 Å². The zero-order chi connectivity index (χ0) is 55.0. The molecule has 406 valence electrons. The molecule has 26 heteroatoms. The van der Waals surface area contributed by atoms with Gasteiger partial charge in [0.25, 0.3) is 0 Å². The third-order valence-corrected chi connectivity index (χ3v) is 13.4. The number of aliphatic imine (C=N–C) groups is 1. The number of H-pyrrole nitrogens is 1. The summed E-state index contributed by atoms with van der Waals surface area (Å²) in [7, 11) is 0. The number of amides is 9. The summed E-state index contributed by atoms with van der Waals surface area (Å²) < 4.78 is 1.53. The van der Waals surface area contributed by atoms with Crippen LogP contribution in [0.15, 0.2) is 35.7 Å². The van der Waals surface area contributed by atoms with Gasteiger partial charge in [-0.05, 0) is 55.1 Å². The number of nitrogens with two attached hydrogens (primary N) is 3. The zero-order valence-electron chi connectivity index (χ0n) is 42.8. The second-order valence-electron chi connectivity index (χ2n) is 20.5.